The average Bonchev–Trinajstić information content (AvgIpc) is 2.53. The Bertz CT molecular complexity index is 776. The zero-order valence-corrected chi connectivity index (χ0v) is 12.0. The predicted molar refractivity (Wildman–Crippen MR) is 82.0 cm³/mol. The number of alkyl halides is 1. The van der Waals surface area contributed by atoms with Crippen LogP contribution in [0.2, 0.25) is 0 Å². The second-order valence-electron chi connectivity index (χ2n) is 4.65. The van der Waals surface area contributed by atoms with E-state index in [9.17, 15) is 4.39 Å². The summed E-state index contributed by atoms with van der Waals surface area (Å²) in [6.45, 7) is 0.139. The third-order valence-corrected chi connectivity index (χ3v) is 3.54. The van der Waals surface area contributed by atoms with Gasteiger partial charge < -0.3 is 4.74 Å². The molecule has 0 spiro atoms. The number of halogens is 2. The Labute approximate surface area is 127 Å². The summed E-state index contributed by atoms with van der Waals surface area (Å²) in [5.41, 5.74) is 2.27. The standard InChI is InChI=1S/C17H13ClFNO/c18-10-13-9-17(20-16-8-4-2-6-14(13)16)21-11-12-5-1-3-7-15(12)19/h1-9H,10-11H2. The van der Waals surface area contributed by atoms with Gasteiger partial charge in [0.25, 0.3) is 0 Å². The van der Waals surface area contributed by atoms with E-state index in [0.29, 0.717) is 17.3 Å². The van der Waals surface area contributed by atoms with Gasteiger partial charge in [0.15, 0.2) is 0 Å². The lowest BCUT2D eigenvalue weighted by atomic mass is 10.1. The molecule has 0 fully saturated rings. The Kier molecular flexibility index (Phi) is 4.02. The van der Waals surface area contributed by atoms with Gasteiger partial charge in [0.2, 0.25) is 5.88 Å². The third kappa shape index (κ3) is 2.98. The molecule has 4 heteroatoms. The predicted octanol–water partition coefficient (Wildman–Crippen LogP) is 4.69. The molecular weight excluding hydrogens is 289 g/mol. The molecule has 0 atom stereocenters. The number of hydrogen-bond donors (Lipinski definition) is 0. The van der Waals surface area contributed by atoms with Gasteiger partial charge in [0.05, 0.1) is 5.52 Å². The van der Waals surface area contributed by atoms with E-state index in [2.05, 4.69) is 4.98 Å². The highest BCUT2D eigenvalue weighted by atomic mass is 35.5. The largest absolute Gasteiger partial charge is 0.473 e. The van der Waals surface area contributed by atoms with Crippen LogP contribution in [0.25, 0.3) is 10.9 Å². The average molecular weight is 302 g/mol. The van der Waals surface area contributed by atoms with Crippen LogP contribution in [-0.4, -0.2) is 4.98 Å². The first kappa shape index (κ1) is 13.8. The monoisotopic (exact) mass is 301 g/mol. The SMILES string of the molecule is Fc1ccccc1COc1cc(CCl)c2ccccc2n1. The quantitative estimate of drug-likeness (QED) is 0.652. The van der Waals surface area contributed by atoms with Crippen LogP contribution in [0.15, 0.2) is 54.6 Å². The molecule has 0 radical (unpaired) electrons. The van der Waals surface area contributed by atoms with E-state index in [4.69, 9.17) is 16.3 Å². The van der Waals surface area contributed by atoms with Crippen molar-refractivity contribution in [1.82, 2.24) is 4.98 Å². The van der Waals surface area contributed by atoms with Gasteiger partial charge in [-0.05, 0) is 17.7 Å². The minimum Gasteiger partial charge on any atom is -0.473 e. The highest BCUT2D eigenvalue weighted by Gasteiger charge is 2.07. The first-order valence-corrected chi connectivity index (χ1v) is 7.12. The van der Waals surface area contributed by atoms with Crippen molar-refractivity contribution in [2.75, 3.05) is 0 Å². The van der Waals surface area contributed by atoms with Gasteiger partial charge in [-0.3, -0.25) is 0 Å². The maximum atomic E-state index is 13.6. The highest BCUT2D eigenvalue weighted by molar-refractivity contribution is 6.18. The van der Waals surface area contributed by atoms with Crippen LogP contribution < -0.4 is 4.74 Å². The van der Waals surface area contributed by atoms with Crippen molar-refractivity contribution in [2.45, 2.75) is 12.5 Å². The lowest BCUT2D eigenvalue weighted by Gasteiger charge is -2.09. The van der Waals surface area contributed by atoms with Crippen molar-refractivity contribution in [3.63, 3.8) is 0 Å². The molecule has 3 rings (SSSR count). The molecule has 0 unspecified atom stereocenters. The van der Waals surface area contributed by atoms with E-state index in [1.165, 1.54) is 6.07 Å². The second-order valence-corrected chi connectivity index (χ2v) is 4.92. The topological polar surface area (TPSA) is 22.1 Å². The molecule has 3 aromatic rings. The van der Waals surface area contributed by atoms with E-state index in [0.717, 1.165) is 16.5 Å². The van der Waals surface area contributed by atoms with E-state index in [1.807, 2.05) is 24.3 Å². The van der Waals surface area contributed by atoms with Crippen LogP contribution in [0.5, 0.6) is 5.88 Å². The zero-order chi connectivity index (χ0) is 14.7. The number of fused-ring (bicyclic) bond motifs is 1. The maximum Gasteiger partial charge on any atom is 0.214 e. The zero-order valence-electron chi connectivity index (χ0n) is 11.2. The molecule has 1 heterocycles. The van der Waals surface area contributed by atoms with Crippen molar-refractivity contribution in [3.05, 3.63) is 71.5 Å². The van der Waals surface area contributed by atoms with Crippen LogP contribution in [0.1, 0.15) is 11.1 Å². The maximum absolute atomic E-state index is 13.6. The smallest absolute Gasteiger partial charge is 0.214 e. The molecule has 0 bridgehead atoms. The van der Waals surface area contributed by atoms with Crippen molar-refractivity contribution in [3.8, 4) is 5.88 Å². The van der Waals surface area contributed by atoms with Crippen molar-refractivity contribution in [1.29, 1.82) is 0 Å². The van der Waals surface area contributed by atoms with Crippen LogP contribution in [0.4, 0.5) is 4.39 Å². The Morgan fingerprint density at radius 2 is 1.76 bits per heavy atom. The number of benzene rings is 2. The summed E-state index contributed by atoms with van der Waals surface area (Å²) in [5.74, 6) is 0.544. The van der Waals surface area contributed by atoms with Crippen molar-refractivity contribution < 1.29 is 9.13 Å². The van der Waals surface area contributed by atoms with E-state index in [1.54, 1.807) is 24.3 Å². The molecule has 0 saturated heterocycles. The van der Waals surface area contributed by atoms with Gasteiger partial charge >= 0.3 is 0 Å². The fraction of sp³-hybridized carbons (Fsp3) is 0.118. The van der Waals surface area contributed by atoms with Gasteiger partial charge in [0, 0.05) is 22.9 Å². The normalized spacial score (nSPS) is 10.8. The first-order valence-electron chi connectivity index (χ1n) is 6.59. The molecule has 106 valence electrons. The molecule has 1 aromatic heterocycles. The summed E-state index contributed by atoms with van der Waals surface area (Å²) in [5, 5.41) is 1.01. The molecule has 21 heavy (non-hydrogen) atoms. The molecule has 2 nitrogen and oxygen atoms in total. The summed E-state index contributed by atoms with van der Waals surface area (Å²) in [7, 11) is 0. The van der Waals surface area contributed by atoms with Gasteiger partial charge in [-0.25, -0.2) is 9.37 Å². The number of aromatic nitrogens is 1. The fourth-order valence-electron chi connectivity index (χ4n) is 2.17. The van der Waals surface area contributed by atoms with Crippen LogP contribution in [-0.2, 0) is 12.5 Å². The molecule has 0 aliphatic heterocycles. The lowest BCUT2D eigenvalue weighted by molar-refractivity contribution is 0.289. The van der Waals surface area contributed by atoms with Crippen molar-refractivity contribution in [2.24, 2.45) is 0 Å². The molecule has 2 aromatic carbocycles. The Hall–Kier alpha value is -2.13. The number of nitrogens with zero attached hydrogens (tertiary/aromatic N) is 1. The molecule has 0 N–H and O–H groups in total. The number of rotatable bonds is 4. The molecule has 0 amide bonds. The van der Waals surface area contributed by atoms with Crippen molar-refractivity contribution >= 4 is 22.5 Å². The molecular formula is C17H13ClFNO. The van der Waals surface area contributed by atoms with E-state index in [-0.39, 0.29) is 12.4 Å². The number of ether oxygens (including phenoxy) is 1. The fourth-order valence-corrected chi connectivity index (χ4v) is 2.39. The Balaban J connectivity index is 1.89. The molecule has 0 saturated carbocycles. The number of pyridine rings is 1. The molecule has 0 aliphatic rings. The highest BCUT2D eigenvalue weighted by Crippen LogP contribution is 2.24. The summed E-state index contributed by atoms with van der Waals surface area (Å²) in [4.78, 5) is 4.43. The van der Waals surface area contributed by atoms with Gasteiger partial charge in [-0.15, -0.1) is 11.6 Å². The lowest BCUT2D eigenvalue weighted by Crippen LogP contribution is -2.00. The summed E-state index contributed by atoms with van der Waals surface area (Å²) >= 11 is 5.98. The van der Waals surface area contributed by atoms with Crippen LogP contribution in [0, 0.1) is 5.82 Å². The Morgan fingerprint density at radius 1 is 1.00 bits per heavy atom. The third-order valence-electron chi connectivity index (χ3n) is 3.26. The minimum atomic E-state index is -0.282. The molecule has 0 aliphatic carbocycles. The second kappa shape index (κ2) is 6.10. The first-order chi connectivity index (χ1) is 10.3. The van der Waals surface area contributed by atoms with E-state index >= 15 is 0 Å². The van der Waals surface area contributed by atoms with E-state index < -0.39 is 0 Å². The minimum absolute atomic E-state index is 0.139. The summed E-state index contributed by atoms with van der Waals surface area (Å²) < 4.78 is 19.2. The van der Waals surface area contributed by atoms with Crippen LogP contribution >= 0.6 is 11.6 Å². The van der Waals surface area contributed by atoms with Gasteiger partial charge in [-0.1, -0.05) is 36.4 Å². The number of hydrogen-bond acceptors (Lipinski definition) is 2. The van der Waals surface area contributed by atoms with Crippen LogP contribution in [0.3, 0.4) is 0 Å². The van der Waals surface area contributed by atoms with Gasteiger partial charge in [-0.2, -0.15) is 0 Å². The Morgan fingerprint density at radius 3 is 2.57 bits per heavy atom. The summed E-state index contributed by atoms with van der Waals surface area (Å²) in [6, 6.07) is 16.1. The number of para-hydroxylation sites is 1. The summed E-state index contributed by atoms with van der Waals surface area (Å²) in [6.07, 6.45) is 0. The van der Waals surface area contributed by atoms with Gasteiger partial charge in [0.1, 0.15) is 12.4 Å².